The monoisotopic (exact) mass is 221 g/mol. The van der Waals surface area contributed by atoms with Crippen LogP contribution in [0.15, 0.2) is 18.2 Å². The smallest absolute Gasteiger partial charge is 0.310 e. The van der Waals surface area contributed by atoms with Crippen LogP contribution in [-0.4, -0.2) is 16.1 Å². The van der Waals surface area contributed by atoms with Gasteiger partial charge >= 0.3 is 5.97 Å². The van der Waals surface area contributed by atoms with E-state index in [0.717, 1.165) is 20.8 Å². The van der Waals surface area contributed by atoms with Gasteiger partial charge in [0.05, 0.1) is 21.1 Å². The molecule has 0 fully saturated rings. The van der Waals surface area contributed by atoms with Crippen molar-refractivity contribution in [3.05, 3.63) is 28.8 Å². The Balaban J connectivity index is 2.50. The van der Waals surface area contributed by atoms with Gasteiger partial charge in [-0.15, -0.1) is 11.3 Å². The second-order valence-electron chi connectivity index (χ2n) is 3.52. The van der Waals surface area contributed by atoms with E-state index in [1.54, 1.807) is 18.3 Å². The molecule has 0 saturated carbocycles. The molecular formula is C11H11NO2S. The Hall–Kier alpha value is -1.42. The number of carboxylic acid groups (broad SMARTS) is 1. The molecule has 0 radical (unpaired) electrons. The van der Waals surface area contributed by atoms with Crippen LogP contribution in [0.25, 0.3) is 10.2 Å². The topological polar surface area (TPSA) is 50.2 Å². The highest BCUT2D eigenvalue weighted by Gasteiger charge is 2.14. The summed E-state index contributed by atoms with van der Waals surface area (Å²) in [5.41, 5.74) is 1.78. The lowest BCUT2D eigenvalue weighted by atomic mass is 10.0. The Morgan fingerprint density at radius 3 is 2.93 bits per heavy atom. The summed E-state index contributed by atoms with van der Waals surface area (Å²) in [5, 5.41) is 9.91. The van der Waals surface area contributed by atoms with Gasteiger partial charge in [0, 0.05) is 0 Å². The maximum absolute atomic E-state index is 10.8. The lowest BCUT2D eigenvalue weighted by Crippen LogP contribution is -2.06. The van der Waals surface area contributed by atoms with Crippen molar-refractivity contribution in [1.82, 2.24) is 4.98 Å². The predicted octanol–water partition coefficient (Wildman–Crippen LogP) is 2.79. The van der Waals surface area contributed by atoms with Crippen molar-refractivity contribution < 1.29 is 9.90 Å². The predicted molar refractivity (Wildman–Crippen MR) is 60.4 cm³/mol. The summed E-state index contributed by atoms with van der Waals surface area (Å²) in [4.78, 5) is 15.2. The molecule has 1 aromatic carbocycles. The maximum Gasteiger partial charge on any atom is 0.310 e. The highest BCUT2D eigenvalue weighted by atomic mass is 32.1. The van der Waals surface area contributed by atoms with Crippen molar-refractivity contribution in [2.24, 2.45) is 0 Å². The molecule has 1 aromatic heterocycles. The van der Waals surface area contributed by atoms with Gasteiger partial charge in [0.2, 0.25) is 0 Å². The summed E-state index contributed by atoms with van der Waals surface area (Å²) in [6.45, 7) is 3.64. The first-order valence-electron chi connectivity index (χ1n) is 4.68. The molecule has 2 rings (SSSR count). The van der Waals surface area contributed by atoms with Gasteiger partial charge in [0.25, 0.3) is 0 Å². The Kier molecular flexibility index (Phi) is 2.44. The molecule has 78 valence electrons. The van der Waals surface area contributed by atoms with Crippen LogP contribution in [0.1, 0.15) is 23.4 Å². The van der Waals surface area contributed by atoms with Crippen molar-refractivity contribution in [2.75, 3.05) is 0 Å². The molecule has 1 atom stereocenters. The number of aryl methyl sites for hydroxylation is 1. The van der Waals surface area contributed by atoms with E-state index in [9.17, 15) is 4.79 Å². The van der Waals surface area contributed by atoms with Gasteiger partial charge in [0.1, 0.15) is 0 Å². The SMILES string of the molecule is Cc1nc2ccc(C(C)C(=O)O)cc2s1. The first kappa shape index (κ1) is 10.1. The maximum atomic E-state index is 10.8. The average Bonchev–Trinajstić information content (AvgIpc) is 2.55. The Bertz CT molecular complexity index is 518. The minimum Gasteiger partial charge on any atom is -0.481 e. The first-order chi connectivity index (χ1) is 7.08. The zero-order valence-electron chi connectivity index (χ0n) is 8.52. The lowest BCUT2D eigenvalue weighted by Gasteiger charge is -2.05. The van der Waals surface area contributed by atoms with Crippen molar-refractivity contribution in [1.29, 1.82) is 0 Å². The van der Waals surface area contributed by atoms with Crippen LogP contribution in [0.4, 0.5) is 0 Å². The number of fused-ring (bicyclic) bond motifs is 1. The van der Waals surface area contributed by atoms with E-state index in [4.69, 9.17) is 5.11 Å². The summed E-state index contributed by atoms with van der Waals surface area (Å²) >= 11 is 1.59. The minimum atomic E-state index is -0.796. The number of nitrogens with zero attached hydrogens (tertiary/aromatic N) is 1. The second-order valence-corrected chi connectivity index (χ2v) is 4.75. The van der Waals surface area contributed by atoms with Crippen LogP contribution in [0, 0.1) is 6.92 Å². The van der Waals surface area contributed by atoms with E-state index in [1.165, 1.54) is 0 Å². The van der Waals surface area contributed by atoms with Crippen molar-refractivity contribution in [3.63, 3.8) is 0 Å². The molecule has 0 spiro atoms. The molecule has 0 aliphatic heterocycles. The third kappa shape index (κ3) is 1.85. The number of hydrogen-bond donors (Lipinski definition) is 1. The van der Waals surface area contributed by atoms with Crippen molar-refractivity contribution in [2.45, 2.75) is 19.8 Å². The van der Waals surface area contributed by atoms with E-state index in [1.807, 2.05) is 25.1 Å². The van der Waals surface area contributed by atoms with Crippen LogP contribution in [-0.2, 0) is 4.79 Å². The summed E-state index contributed by atoms with van der Waals surface area (Å²) in [5.74, 6) is -1.26. The van der Waals surface area contributed by atoms with E-state index < -0.39 is 11.9 Å². The van der Waals surface area contributed by atoms with Crippen LogP contribution >= 0.6 is 11.3 Å². The average molecular weight is 221 g/mol. The number of thiazole rings is 1. The van der Waals surface area contributed by atoms with Gasteiger partial charge in [-0.1, -0.05) is 6.07 Å². The van der Waals surface area contributed by atoms with Crippen molar-refractivity contribution in [3.8, 4) is 0 Å². The van der Waals surface area contributed by atoms with Crippen LogP contribution in [0.2, 0.25) is 0 Å². The quantitative estimate of drug-likeness (QED) is 0.848. The molecule has 15 heavy (non-hydrogen) atoms. The molecule has 2 aromatic rings. The number of rotatable bonds is 2. The van der Waals surface area contributed by atoms with E-state index in [2.05, 4.69) is 4.98 Å². The highest BCUT2D eigenvalue weighted by molar-refractivity contribution is 7.18. The molecule has 3 nitrogen and oxygen atoms in total. The van der Waals surface area contributed by atoms with Crippen LogP contribution in [0.3, 0.4) is 0 Å². The van der Waals surface area contributed by atoms with E-state index in [-0.39, 0.29) is 0 Å². The molecular weight excluding hydrogens is 210 g/mol. The number of carbonyl (C=O) groups is 1. The number of benzene rings is 1. The highest BCUT2D eigenvalue weighted by Crippen LogP contribution is 2.26. The molecule has 0 aliphatic carbocycles. The zero-order valence-corrected chi connectivity index (χ0v) is 9.34. The van der Waals surface area contributed by atoms with Gasteiger partial charge in [0.15, 0.2) is 0 Å². The third-order valence-electron chi connectivity index (χ3n) is 2.39. The summed E-state index contributed by atoms with van der Waals surface area (Å²) < 4.78 is 1.05. The first-order valence-corrected chi connectivity index (χ1v) is 5.49. The second kappa shape index (κ2) is 3.62. The molecule has 1 heterocycles. The van der Waals surface area contributed by atoms with Gasteiger partial charge in [-0.05, 0) is 31.5 Å². The fourth-order valence-corrected chi connectivity index (χ4v) is 2.34. The summed E-state index contributed by atoms with van der Waals surface area (Å²) in [6.07, 6.45) is 0. The Morgan fingerprint density at radius 2 is 2.27 bits per heavy atom. The Morgan fingerprint density at radius 1 is 1.53 bits per heavy atom. The molecule has 1 unspecified atom stereocenters. The zero-order chi connectivity index (χ0) is 11.0. The summed E-state index contributed by atoms with van der Waals surface area (Å²) in [7, 11) is 0. The fourth-order valence-electron chi connectivity index (χ4n) is 1.47. The number of aromatic nitrogens is 1. The van der Waals surface area contributed by atoms with Gasteiger partial charge in [-0.2, -0.15) is 0 Å². The van der Waals surface area contributed by atoms with Gasteiger partial charge < -0.3 is 5.11 Å². The molecule has 0 saturated heterocycles. The fraction of sp³-hybridized carbons (Fsp3) is 0.273. The van der Waals surface area contributed by atoms with Crippen molar-refractivity contribution >= 4 is 27.5 Å². The normalized spacial score (nSPS) is 12.9. The van der Waals surface area contributed by atoms with Gasteiger partial charge in [-0.3, -0.25) is 4.79 Å². The molecule has 0 amide bonds. The molecule has 0 aliphatic rings. The molecule has 4 heteroatoms. The molecule has 0 bridgehead atoms. The van der Waals surface area contributed by atoms with E-state index in [0.29, 0.717) is 0 Å². The van der Waals surface area contributed by atoms with Crippen LogP contribution < -0.4 is 0 Å². The summed E-state index contributed by atoms with van der Waals surface area (Å²) in [6, 6.07) is 5.63. The largest absolute Gasteiger partial charge is 0.481 e. The third-order valence-corrected chi connectivity index (χ3v) is 3.32. The standard InChI is InChI=1S/C11H11NO2S/c1-6(11(13)14)8-3-4-9-10(5-8)15-7(2)12-9/h3-6H,1-2H3,(H,13,14). The number of aliphatic carboxylic acids is 1. The lowest BCUT2D eigenvalue weighted by molar-refractivity contribution is -0.138. The van der Waals surface area contributed by atoms with Gasteiger partial charge in [-0.25, -0.2) is 4.98 Å². The minimum absolute atomic E-state index is 0.461. The van der Waals surface area contributed by atoms with E-state index >= 15 is 0 Å². The number of hydrogen-bond acceptors (Lipinski definition) is 3. The Labute approximate surface area is 91.4 Å². The number of carboxylic acids is 1. The van der Waals surface area contributed by atoms with Crippen LogP contribution in [0.5, 0.6) is 0 Å². The molecule has 1 N–H and O–H groups in total.